The highest BCUT2D eigenvalue weighted by Crippen LogP contribution is 2.41. The first-order chi connectivity index (χ1) is 10.1. The van der Waals surface area contributed by atoms with Gasteiger partial charge in [-0.1, -0.05) is 21.1 Å². The number of rotatable bonds is 4. The molecule has 0 radical (unpaired) electrons. The van der Waals surface area contributed by atoms with E-state index in [4.69, 9.17) is 19.7 Å². The Morgan fingerprint density at radius 2 is 2.14 bits per heavy atom. The molecule has 0 saturated carbocycles. The van der Waals surface area contributed by atoms with E-state index in [2.05, 4.69) is 33.0 Å². The van der Waals surface area contributed by atoms with Crippen molar-refractivity contribution in [2.24, 2.45) is 0 Å². The Balaban J connectivity index is 2.01. The Morgan fingerprint density at radius 1 is 1.38 bits per heavy atom. The zero-order valence-electron chi connectivity index (χ0n) is 11.8. The van der Waals surface area contributed by atoms with Gasteiger partial charge in [-0.15, -0.1) is 0 Å². The van der Waals surface area contributed by atoms with Crippen LogP contribution in [0.25, 0.3) is 11.3 Å². The van der Waals surface area contributed by atoms with Gasteiger partial charge < -0.3 is 19.7 Å². The number of ether oxygens (including phenoxy) is 2. The van der Waals surface area contributed by atoms with Crippen LogP contribution in [-0.2, 0) is 0 Å². The van der Waals surface area contributed by atoms with Crippen molar-refractivity contribution in [3.05, 3.63) is 22.7 Å². The summed E-state index contributed by atoms with van der Waals surface area (Å²) in [6, 6.07) is 5.45. The van der Waals surface area contributed by atoms with E-state index >= 15 is 0 Å². The first-order valence-electron chi connectivity index (χ1n) is 6.52. The summed E-state index contributed by atoms with van der Waals surface area (Å²) >= 11 is 3.47. The van der Waals surface area contributed by atoms with Gasteiger partial charge in [-0.3, -0.25) is 4.90 Å². The highest BCUT2D eigenvalue weighted by Gasteiger charge is 2.28. The Bertz CT molecular complexity index is 653. The molecule has 2 aromatic rings. The van der Waals surface area contributed by atoms with Gasteiger partial charge >= 0.3 is 0 Å². The minimum atomic E-state index is 0.146. The number of nitrogens with zero attached hydrogens (tertiary/aromatic N) is 2. The third-order valence-electron chi connectivity index (χ3n) is 3.36. The second-order valence-electron chi connectivity index (χ2n) is 5.06. The predicted octanol–water partition coefficient (Wildman–Crippen LogP) is 2.39. The number of hydrogen-bond donors (Lipinski definition) is 1. The van der Waals surface area contributed by atoms with Crippen molar-refractivity contribution < 1.29 is 14.0 Å². The highest BCUT2D eigenvalue weighted by atomic mass is 79.9. The summed E-state index contributed by atoms with van der Waals surface area (Å²) < 4.78 is 17.3. The Labute approximate surface area is 130 Å². The molecule has 0 spiro atoms. The van der Waals surface area contributed by atoms with Crippen LogP contribution < -0.4 is 15.2 Å². The number of nitrogen functional groups attached to an aromatic ring is 1. The summed E-state index contributed by atoms with van der Waals surface area (Å²) in [5.74, 6) is 1.57. The van der Waals surface area contributed by atoms with Crippen molar-refractivity contribution in [3.63, 3.8) is 0 Å². The molecule has 0 aliphatic carbocycles. The number of likely N-dealkylation sites (tertiary alicyclic amines) is 1. The topological polar surface area (TPSA) is 73.8 Å². The molecule has 1 aliphatic heterocycles. The van der Waals surface area contributed by atoms with Crippen molar-refractivity contribution in [3.8, 4) is 22.8 Å². The summed E-state index contributed by atoms with van der Waals surface area (Å²) in [5, 5.41) is 3.96. The second kappa shape index (κ2) is 5.57. The monoisotopic (exact) mass is 353 g/mol. The number of anilines is 1. The van der Waals surface area contributed by atoms with E-state index in [0.29, 0.717) is 17.2 Å². The van der Waals surface area contributed by atoms with Crippen molar-refractivity contribution in [2.45, 2.75) is 6.10 Å². The van der Waals surface area contributed by atoms with Gasteiger partial charge in [0.05, 0.1) is 12.7 Å². The molecule has 1 aromatic heterocycles. The molecule has 112 valence electrons. The number of aromatic nitrogens is 1. The molecule has 6 nitrogen and oxygen atoms in total. The zero-order valence-corrected chi connectivity index (χ0v) is 13.4. The molecule has 0 unspecified atom stereocenters. The van der Waals surface area contributed by atoms with Crippen LogP contribution in [0.15, 0.2) is 27.2 Å². The molecule has 3 rings (SSSR count). The number of methoxy groups -OCH3 is 1. The number of likely N-dealkylation sites (N-methyl/N-ethyl adjacent to an activating group) is 1. The molecule has 1 saturated heterocycles. The molecule has 0 amide bonds. The molecule has 1 aromatic carbocycles. The molecule has 7 heteroatoms. The fourth-order valence-electron chi connectivity index (χ4n) is 2.33. The average Bonchev–Trinajstić information content (AvgIpc) is 2.84. The van der Waals surface area contributed by atoms with E-state index in [0.717, 1.165) is 23.1 Å². The lowest BCUT2D eigenvalue weighted by Gasteiger charge is -2.36. The van der Waals surface area contributed by atoms with Crippen LogP contribution in [0, 0.1) is 0 Å². The Kier molecular flexibility index (Phi) is 3.77. The maximum atomic E-state index is 6.08. The van der Waals surface area contributed by atoms with E-state index in [1.807, 2.05) is 12.1 Å². The first-order valence-corrected chi connectivity index (χ1v) is 7.31. The highest BCUT2D eigenvalue weighted by molar-refractivity contribution is 9.10. The summed E-state index contributed by atoms with van der Waals surface area (Å²) in [5.41, 5.74) is 7.02. The lowest BCUT2D eigenvalue weighted by atomic mass is 10.1. The molecule has 0 atom stereocenters. The summed E-state index contributed by atoms with van der Waals surface area (Å²) in [6.07, 6.45) is 0.146. The van der Waals surface area contributed by atoms with Crippen molar-refractivity contribution in [2.75, 3.05) is 33.0 Å². The van der Waals surface area contributed by atoms with E-state index in [1.54, 1.807) is 13.2 Å². The smallest absolute Gasteiger partial charge is 0.222 e. The molecular formula is C14H16BrN3O3. The second-order valence-corrected chi connectivity index (χ2v) is 5.98. The first kappa shape index (κ1) is 14.2. The van der Waals surface area contributed by atoms with Crippen LogP contribution >= 0.6 is 15.9 Å². The lowest BCUT2D eigenvalue weighted by molar-refractivity contribution is 0.0373. The van der Waals surface area contributed by atoms with Gasteiger partial charge in [-0.2, -0.15) is 0 Å². The van der Waals surface area contributed by atoms with Crippen LogP contribution in [0.2, 0.25) is 0 Å². The average molecular weight is 354 g/mol. The fraction of sp³-hybridized carbons (Fsp3) is 0.357. The molecule has 2 N–H and O–H groups in total. The van der Waals surface area contributed by atoms with Crippen molar-refractivity contribution in [1.82, 2.24) is 10.1 Å². The SMILES string of the molecule is COc1cc(Br)cc(-c2cc(N)on2)c1OC1CN(C)C1. The van der Waals surface area contributed by atoms with Crippen LogP contribution in [0.5, 0.6) is 11.5 Å². The normalized spacial score (nSPS) is 15.8. The Hall–Kier alpha value is -1.73. The number of hydrogen-bond acceptors (Lipinski definition) is 6. The minimum absolute atomic E-state index is 0.146. The van der Waals surface area contributed by atoms with Gasteiger partial charge in [0.25, 0.3) is 0 Å². The third-order valence-corrected chi connectivity index (χ3v) is 3.82. The van der Waals surface area contributed by atoms with Crippen LogP contribution in [0.1, 0.15) is 0 Å². The van der Waals surface area contributed by atoms with E-state index in [-0.39, 0.29) is 12.0 Å². The largest absolute Gasteiger partial charge is 0.493 e. The van der Waals surface area contributed by atoms with Gasteiger partial charge in [0.1, 0.15) is 11.8 Å². The summed E-state index contributed by atoms with van der Waals surface area (Å²) in [6.45, 7) is 1.78. The number of benzene rings is 1. The van der Waals surface area contributed by atoms with E-state index < -0.39 is 0 Å². The lowest BCUT2D eigenvalue weighted by Crippen LogP contribution is -2.51. The quantitative estimate of drug-likeness (QED) is 0.909. The van der Waals surface area contributed by atoms with E-state index in [1.165, 1.54) is 0 Å². The maximum Gasteiger partial charge on any atom is 0.222 e. The minimum Gasteiger partial charge on any atom is -0.493 e. The Morgan fingerprint density at radius 3 is 2.71 bits per heavy atom. The summed E-state index contributed by atoms with van der Waals surface area (Å²) in [7, 11) is 3.67. The maximum absolute atomic E-state index is 6.08. The van der Waals surface area contributed by atoms with Gasteiger partial charge in [-0.25, -0.2) is 0 Å². The van der Waals surface area contributed by atoms with Gasteiger partial charge in [-0.05, 0) is 19.2 Å². The van der Waals surface area contributed by atoms with Crippen LogP contribution in [0.3, 0.4) is 0 Å². The number of halogens is 1. The standard InChI is InChI=1S/C14H16BrN3O3/c1-18-6-9(7-18)20-14-10(11-5-13(16)21-17-11)3-8(15)4-12(14)19-2/h3-5,9H,6-7,16H2,1-2H3. The molecule has 21 heavy (non-hydrogen) atoms. The molecule has 0 bridgehead atoms. The van der Waals surface area contributed by atoms with E-state index in [9.17, 15) is 0 Å². The van der Waals surface area contributed by atoms with Gasteiger partial charge in [0, 0.05) is 23.6 Å². The molecular weight excluding hydrogens is 338 g/mol. The molecule has 1 aliphatic rings. The van der Waals surface area contributed by atoms with Crippen molar-refractivity contribution in [1.29, 1.82) is 0 Å². The van der Waals surface area contributed by atoms with Gasteiger partial charge in [0.2, 0.25) is 5.88 Å². The number of nitrogens with two attached hydrogens (primary N) is 1. The molecule has 1 fully saturated rings. The van der Waals surface area contributed by atoms with Gasteiger partial charge in [0.15, 0.2) is 11.5 Å². The third kappa shape index (κ3) is 2.84. The fourth-order valence-corrected chi connectivity index (χ4v) is 2.77. The molecule has 2 heterocycles. The van der Waals surface area contributed by atoms with Crippen LogP contribution in [0.4, 0.5) is 5.88 Å². The van der Waals surface area contributed by atoms with Crippen LogP contribution in [-0.4, -0.2) is 43.4 Å². The van der Waals surface area contributed by atoms with Crippen molar-refractivity contribution >= 4 is 21.8 Å². The summed E-state index contributed by atoms with van der Waals surface area (Å²) in [4.78, 5) is 2.18. The predicted molar refractivity (Wildman–Crippen MR) is 82.5 cm³/mol. The zero-order chi connectivity index (χ0) is 15.0.